The molecular weight excluding hydrogens is 612 g/mol. The van der Waals surface area contributed by atoms with Crippen molar-refractivity contribution in [3.8, 4) is 23.0 Å². The number of ether oxygens (including phenoxy) is 6. The molecule has 0 heterocycles. The number of benzene rings is 4. The van der Waals surface area contributed by atoms with Crippen molar-refractivity contribution in [1.29, 1.82) is 0 Å². The molecule has 6 nitrogen and oxygen atoms in total. The second-order valence-electron chi connectivity index (χ2n) is 14.9. The van der Waals surface area contributed by atoms with Crippen molar-refractivity contribution in [2.24, 2.45) is 0 Å². The highest BCUT2D eigenvalue weighted by atomic mass is 16.5. The lowest BCUT2D eigenvalue weighted by molar-refractivity contribution is 0.0180. The largest absolute Gasteiger partial charge is 0.493 e. The summed E-state index contributed by atoms with van der Waals surface area (Å²) in [6.07, 6.45) is 0.738. The first-order valence-electron chi connectivity index (χ1n) is 17.2. The SMILES string of the molecule is COCCOc1ccc(C(C)(C)c2ccc(OC(C)(C)CCOc3ccc(C(C)(C)c4ccc(OC(C)(C)COC)cc4)cc3)cc2)cc1. The van der Waals surface area contributed by atoms with Gasteiger partial charge in [-0.2, -0.15) is 0 Å². The predicted octanol–water partition coefficient (Wildman–Crippen LogP) is 9.79. The number of hydrogen-bond donors (Lipinski definition) is 0. The molecule has 0 aromatic heterocycles. The molecule has 0 spiro atoms. The Morgan fingerprint density at radius 3 is 1.10 bits per heavy atom. The van der Waals surface area contributed by atoms with E-state index in [9.17, 15) is 0 Å². The third-order valence-corrected chi connectivity index (χ3v) is 9.11. The van der Waals surface area contributed by atoms with Crippen molar-refractivity contribution < 1.29 is 28.4 Å². The maximum absolute atomic E-state index is 6.41. The molecule has 0 amide bonds. The highest BCUT2D eigenvalue weighted by molar-refractivity contribution is 5.43. The summed E-state index contributed by atoms with van der Waals surface area (Å²) in [5.41, 5.74) is 3.74. The van der Waals surface area contributed by atoms with Crippen LogP contribution in [-0.4, -0.2) is 51.8 Å². The molecule has 0 saturated carbocycles. The summed E-state index contributed by atoms with van der Waals surface area (Å²) in [7, 11) is 3.36. The van der Waals surface area contributed by atoms with E-state index in [1.54, 1.807) is 14.2 Å². The average molecular weight is 669 g/mol. The van der Waals surface area contributed by atoms with Gasteiger partial charge in [0.1, 0.15) is 40.8 Å². The van der Waals surface area contributed by atoms with Crippen LogP contribution in [0, 0.1) is 0 Å². The molecule has 264 valence electrons. The Morgan fingerprint density at radius 1 is 0.388 bits per heavy atom. The molecule has 0 bridgehead atoms. The van der Waals surface area contributed by atoms with Gasteiger partial charge in [-0.3, -0.25) is 0 Å². The molecule has 0 saturated heterocycles. The second-order valence-corrected chi connectivity index (χ2v) is 14.9. The molecule has 0 N–H and O–H groups in total. The zero-order valence-corrected chi connectivity index (χ0v) is 31.2. The zero-order chi connectivity index (χ0) is 35.7. The second kappa shape index (κ2) is 16.1. The predicted molar refractivity (Wildman–Crippen MR) is 199 cm³/mol. The van der Waals surface area contributed by atoms with E-state index in [2.05, 4.69) is 114 Å². The van der Waals surface area contributed by atoms with Crippen molar-refractivity contribution in [3.05, 3.63) is 119 Å². The van der Waals surface area contributed by atoms with E-state index in [4.69, 9.17) is 28.4 Å². The Hall–Kier alpha value is -4.00. The normalized spacial score (nSPS) is 12.4. The Labute approximate surface area is 294 Å². The van der Waals surface area contributed by atoms with Crippen LogP contribution in [0.4, 0.5) is 0 Å². The summed E-state index contributed by atoms with van der Waals surface area (Å²) in [5, 5.41) is 0. The summed E-state index contributed by atoms with van der Waals surface area (Å²) >= 11 is 0. The molecule has 0 fully saturated rings. The Kier molecular flexibility index (Phi) is 12.5. The first-order valence-corrected chi connectivity index (χ1v) is 17.2. The Morgan fingerprint density at radius 2 is 0.735 bits per heavy atom. The third kappa shape index (κ3) is 10.5. The van der Waals surface area contributed by atoms with E-state index >= 15 is 0 Å². The third-order valence-electron chi connectivity index (χ3n) is 9.11. The van der Waals surface area contributed by atoms with Gasteiger partial charge in [-0.1, -0.05) is 76.2 Å². The van der Waals surface area contributed by atoms with E-state index in [1.807, 2.05) is 38.1 Å². The molecule has 0 aliphatic heterocycles. The minimum Gasteiger partial charge on any atom is -0.493 e. The van der Waals surface area contributed by atoms with E-state index in [1.165, 1.54) is 22.3 Å². The van der Waals surface area contributed by atoms with Crippen molar-refractivity contribution in [1.82, 2.24) is 0 Å². The quantitative estimate of drug-likeness (QED) is 0.0985. The highest BCUT2D eigenvalue weighted by Crippen LogP contribution is 2.35. The maximum Gasteiger partial charge on any atom is 0.127 e. The van der Waals surface area contributed by atoms with Crippen LogP contribution in [0.3, 0.4) is 0 Å². The number of hydrogen-bond acceptors (Lipinski definition) is 6. The van der Waals surface area contributed by atoms with E-state index in [-0.39, 0.29) is 16.4 Å². The molecule has 6 heteroatoms. The van der Waals surface area contributed by atoms with Crippen LogP contribution in [0.5, 0.6) is 23.0 Å². The lowest BCUT2D eigenvalue weighted by Gasteiger charge is -2.29. The first kappa shape index (κ1) is 37.8. The standard InChI is InChI=1S/C43H56O6/c1-40(2,48-38-23-15-34(16-24-38)43(7,8)33-13-21-37(22-14-33)47-30-29-44-9)27-28-46-36-19-11-32(12-20-36)42(5,6)35-17-25-39(26-18-35)49-41(3,4)31-45-10/h11-26H,27-31H2,1-10H3. The number of rotatable bonds is 18. The van der Waals surface area contributed by atoms with Gasteiger partial charge in [-0.05, 0) is 98.5 Å². The monoisotopic (exact) mass is 668 g/mol. The van der Waals surface area contributed by atoms with Crippen LogP contribution in [0.1, 0.15) is 84.1 Å². The van der Waals surface area contributed by atoms with Crippen molar-refractivity contribution in [2.75, 3.05) is 40.6 Å². The Balaban J connectivity index is 1.28. The Bertz CT molecular complexity index is 1570. The summed E-state index contributed by atoms with van der Waals surface area (Å²) in [6, 6.07) is 33.5. The van der Waals surface area contributed by atoms with Crippen LogP contribution < -0.4 is 18.9 Å². The smallest absolute Gasteiger partial charge is 0.127 e. The van der Waals surface area contributed by atoms with Crippen LogP contribution in [0.2, 0.25) is 0 Å². The molecule has 0 aliphatic carbocycles. The van der Waals surface area contributed by atoms with Gasteiger partial charge in [0.2, 0.25) is 0 Å². The maximum atomic E-state index is 6.41. The molecule has 4 aromatic carbocycles. The molecule has 49 heavy (non-hydrogen) atoms. The van der Waals surface area contributed by atoms with Crippen LogP contribution in [-0.2, 0) is 20.3 Å². The van der Waals surface area contributed by atoms with E-state index in [0.717, 1.165) is 29.4 Å². The van der Waals surface area contributed by atoms with E-state index < -0.39 is 5.60 Å². The van der Waals surface area contributed by atoms with Gasteiger partial charge in [-0.25, -0.2) is 0 Å². The molecule has 0 atom stereocenters. The lowest BCUT2D eigenvalue weighted by Crippen LogP contribution is -2.33. The van der Waals surface area contributed by atoms with Gasteiger partial charge in [0.05, 0.1) is 19.8 Å². The molecule has 0 aliphatic rings. The van der Waals surface area contributed by atoms with Gasteiger partial charge in [0, 0.05) is 31.5 Å². The minimum atomic E-state index is -0.397. The van der Waals surface area contributed by atoms with Crippen LogP contribution in [0.25, 0.3) is 0 Å². The van der Waals surface area contributed by atoms with Gasteiger partial charge < -0.3 is 28.4 Å². The fourth-order valence-corrected chi connectivity index (χ4v) is 5.87. The summed E-state index contributed by atoms with van der Waals surface area (Å²) in [4.78, 5) is 0. The van der Waals surface area contributed by atoms with Crippen LogP contribution >= 0.6 is 0 Å². The van der Waals surface area contributed by atoms with Gasteiger partial charge in [0.25, 0.3) is 0 Å². The molecular formula is C43H56O6. The molecule has 0 radical (unpaired) electrons. The van der Waals surface area contributed by atoms with Gasteiger partial charge in [0.15, 0.2) is 0 Å². The fourth-order valence-electron chi connectivity index (χ4n) is 5.87. The topological polar surface area (TPSA) is 55.4 Å². The summed E-state index contributed by atoms with van der Waals surface area (Å²) in [5.74, 6) is 3.37. The van der Waals surface area contributed by atoms with Crippen molar-refractivity contribution in [2.45, 2.75) is 83.8 Å². The average Bonchev–Trinajstić information content (AvgIpc) is 3.05. The van der Waals surface area contributed by atoms with Crippen LogP contribution in [0.15, 0.2) is 97.1 Å². The highest BCUT2D eigenvalue weighted by Gasteiger charge is 2.26. The fraction of sp³-hybridized carbons (Fsp3) is 0.442. The van der Waals surface area contributed by atoms with E-state index in [0.29, 0.717) is 26.4 Å². The molecule has 4 rings (SSSR count). The summed E-state index contributed by atoms with van der Waals surface area (Å²) in [6.45, 7) is 19.4. The summed E-state index contributed by atoms with van der Waals surface area (Å²) < 4.78 is 34.8. The van der Waals surface area contributed by atoms with Crippen molar-refractivity contribution >= 4 is 0 Å². The lowest BCUT2D eigenvalue weighted by atomic mass is 9.78. The number of methoxy groups -OCH3 is 2. The zero-order valence-electron chi connectivity index (χ0n) is 31.2. The minimum absolute atomic E-state index is 0.168. The molecule has 0 unspecified atom stereocenters. The van der Waals surface area contributed by atoms with Gasteiger partial charge >= 0.3 is 0 Å². The van der Waals surface area contributed by atoms with Gasteiger partial charge in [-0.15, -0.1) is 0 Å². The van der Waals surface area contributed by atoms with Crippen molar-refractivity contribution in [3.63, 3.8) is 0 Å². The molecule has 4 aromatic rings. The first-order chi connectivity index (χ1) is 23.1.